The zero-order chi connectivity index (χ0) is 23.8. The van der Waals surface area contributed by atoms with E-state index in [0.29, 0.717) is 0 Å². The van der Waals surface area contributed by atoms with E-state index >= 15 is 0 Å². The lowest BCUT2D eigenvalue weighted by Crippen LogP contribution is -2.10. The molecule has 0 saturated carbocycles. The van der Waals surface area contributed by atoms with Crippen molar-refractivity contribution in [2.45, 2.75) is 54.4 Å². The van der Waals surface area contributed by atoms with Gasteiger partial charge < -0.3 is 4.90 Å². The molecular formula is C32H37N. The van der Waals surface area contributed by atoms with Gasteiger partial charge in [-0.2, -0.15) is 0 Å². The predicted octanol–water partition coefficient (Wildman–Crippen LogP) is 9.59. The molecule has 33 heavy (non-hydrogen) atoms. The van der Waals surface area contributed by atoms with Crippen LogP contribution in [0.5, 0.6) is 0 Å². The summed E-state index contributed by atoms with van der Waals surface area (Å²) in [5.74, 6) is 0. The molecule has 0 N–H and O–H groups in total. The van der Waals surface area contributed by atoms with Crippen molar-refractivity contribution in [2.75, 3.05) is 4.90 Å². The topological polar surface area (TPSA) is 3.24 Å². The highest BCUT2D eigenvalue weighted by molar-refractivity contribution is 5.80. The van der Waals surface area contributed by atoms with Crippen LogP contribution in [0.2, 0.25) is 0 Å². The molecule has 0 amide bonds. The zero-order valence-corrected chi connectivity index (χ0v) is 21.0. The maximum absolute atomic E-state index is 2.36. The van der Waals surface area contributed by atoms with E-state index in [0.717, 1.165) is 0 Å². The number of rotatable bonds is 4. The normalized spacial score (nSPS) is 11.1. The summed E-state index contributed by atoms with van der Waals surface area (Å²) in [6.45, 7) is 12.3. The Morgan fingerprint density at radius 2 is 1.00 bits per heavy atom. The first-order chi connectivity index (χ1) is 16.2. The van der Waals surface area contributed by atoms with Gasteiger partial charge in [-0.1, -0.05) is 93.4 Å². The van der Waals surface area contributed by atoms with Crippen molar-refractivity contribution in [1.29, 1.82) is 0 Å². The number of benzene rings is 4. The molecule has 5 rings (SSSR count). The van der Waals surface area contributed by atoms with Crippen LogP contribution in [-0.2, 0) is 12.8 Å². The van der Waals surface area contributed by atoms with E-state index in [4.69, 9.17) is 0 Å². The van der Waals surface area contributed by atoms with Gasteiger partial charge in [-0.3, -0.25) is 0 Å². The Bertz CT molecular complexity index is 1110. The summed E-state index contributed by atoms with van der Waals surface area (Å²) >= 11 is 0. The zero-order valence-electron chi connectivity index (χ0n) is 21.0. The number of fused-ring (bicyclic) bond motifs is 1. The first-order valence-electron chi connectivity index (χ1n) is 12.3. The number of anilines is 3. The smallest absolute Gasteiger partial charge is 0.0467 e. The molecule has 0 unspecified atom stereocenters. The fourth-order valence-corrected chi connectivity index (χ4v) is 4.03. The Morgan fingerprint density at radius 3 is 1.48 bits per heavy atom. The van der Waals surface area contributed by atoms with Crippen LogP contribution in [0.1, 0.15) is 49.9 Å². The molecule has 0 bridgehead atoms. The van der Waals surface area contributed by atoms with Crippen LogP contribution in [-0.4, -0.2) is 0 Å². The molecule has 1 heteroatoms. The Hall–Kier alpha value is -3.32. The summed E-state index contributed by atoms with van der Waals surface area (Å²) in [6, 6.07) is 33.3. The highest BCUT2D eigenvalue weighted by atomic mass is 15.1. The van der Waals surface area contributed by atoms with Gasteiger partial charge in [-0.15, -0.1) is 0 Å². The van der Waals surface area contributed by atoms with Gasteiger partial charge in [0.15, 0.2) is 0 Å². The molecule has 1 aliphatic carbocycles. The lowest BCUT2D eigenvalue weighted by molar-refractivity contribution is 0.840. The van der Waals surface area contributed by atoms with E-state index in [1.807, 2.05) is 27.7 Å². The van der Waals surface area contributed by atoms with E-state index in [9.17, 15) is 0 Å². The van der Waals surface area contributed by atoms with E-state index in [-0.39, 0.29) is 0 Å². The summed E-state index contributed by atoms with van der Waals surface area (Å²) < 4.78 is 0. The minimum absolute atomic E-state index is 1.17. The molecule has 1 aliphatic rings. The van der Waals surface area contributed by atoms with Crippen LogP contribution in [0.25, 0.3) is 11.1 Å². The molecule has 0 atom stereocenters. The molecule has 0 radical (unpaired) electrons. The number of aryl methyl sites for hydroxylation is 4. The molecule has 0 saturated heterocycles. The van der Waals surface area contributed by atoms with Gasteiger partial charge >= 0.3 is 0 Å². The number of hydrogen-bond donors (Lipinski definition) is 0. The average molecular weight is 436 g/mol. The number of nitrogens with zero attached hydrogens (tertiary/aromatic N) is 1. The first kappa shape index (κ1) is 24.3. The second kappa shape index (κ2) is 11.5. The van der Waals surface area contributed by atoms with Crippen molar-refractivity contribution < 1.29 is 0 Å². The third kappa shape index (κ3) is 5.54. The Balaban J connectivity index is 0.000000728. The van der Waals surface area contributed by atoms with Gasteiger partial charge in [0.25, 0.3) is 0 Å². The summed E-state index contributed by atoms with van der Waals surface area (Å²) in [4.78, 5) is 2.34. The first-order valence-corrected chi connectivity index (χ1v) is 12.3. The van der Waals surface area contributed by atoms with Gasteiger partial charge in [0, 0.05) is 17.1 Å². The second-order valence-electron chi connectivity index (χ2n) is 8.04. The molecule has 4 aromatic rings. The van der Waals surface area contributed by atoms with Gasteiger partial charge in [0.05, 0.1) is 0 Å². The molecule has 0 aromatic heterocycles. The minimum Gasteiger partial charge on any atom is -0.310 e. The molecule has 170 valence electrons. The molecule has 0 aliphatic heterocycles. The molecule has 4 aromatic carbocycles. The predicted molar refractivity (Wildman–Crippen MR) is 146 cm³/mol. The highest BCUT2D eigenvalue weighted by Crippen LogP contribution is 2.37. The Labute approximate surface area is 200 Å². The van der Waals surface area contributed by atoms with E-state index in [1.165, 1.54) is 63.3 Å². The number of hydrogen-bond acceptors (Lipinski definition) is 1. The van der Waals surface area contributed by atoms with Gasteiger partial charge in [-0.25, -0.2) is 0 Å². The van der Waals surface area contributed by atoms with Gasteiger partial charge in [-0.05, 0) is 85.3 Å². The summed E-state index contributed by atoms with van der Waals surface area (Å²) in [6.07, 6.45) is 2.44. The van der Waals surface area contributed by atoms with Crippen LogP contribution in [0.4, 0.5) is 17.1 Å². The highest BCUT2D eigenvalue weighted by Gasteiger charge is 2.15. The standard InChI is InChI=1S/C28H25N.2C2H6/c1-20-6-14-26(15-7-20)29(27-16-8-21(2)9-17-27)28-5-3-4-23(19-28)25-13-11-22-10-12-24(22)18-25;2*1-2/h3-9,11,13-19H,10,12H2,1-2H3;2*1-2H3. The second-order valence-corrected chi connectivity index (χ2v) is 8.04. The lowest BCUT2D eigenvalue weighted by Gasteiger charge is -2.26. The molecule has 0 heterocycles. The largest absolute Gasteiger partial charge is 0.310 e. The van der Waals surface area contributed by atoms with Crippen LogP contribution < -0.4 is 4.90 Å². The van der Waals surface area contributed by atoms with Crippen LogP contribution in [0, 0.1) is 13.8 Å². The van der Waals surface area contributed by atoms with E-state index in [2.05, 4.69) is 110 Å². The molecular weight excluding hydrogens is 398 g/mol. The van der Waals surface area contributed by atoms with Crippen molar-refractivity contribution in [1.82, 2.24) is 0 Å². The quantitative estimate of drug-likeness (QED) is 0.308. The van der Waals surface area contributed by atoms with E-state index in [1.54, 1.807) is 0 Å². The van der Waals surface area contributed by atoms with Gasteiger partial charge in [0.2, 0.25) is 0 Å². The maximum atomic E-state index is 2.36. The fourth-order valence-electron chi connectivity index (χ4n) is 4.03. The van der Waals surface area contributed by atoms with Crippen molar-refractivity contribution in [3.8, 4) is 11.1 Å². The fraction of sp³-hybridized carbons (Fsp3) is 0.250. The summed E-state index contributed by atoms with van der Waals surface area (Å²) in [7, 11) is 0. The van der Waals surface area contributed by atoms with Crippen molar-refractivity contribution in [2.24, 2.45) is 0 Å². The third-order valence-corrected chi connectivity index (χ3v) is 5.89. The van der Waals surface area contributed by atoms with Crippen LogP contribution in [0.15, 0.2) is 91.0 Å². The molecule has 0 spiro atoms. The minimum atomic E-state index is 1.17. The van der Waals surface area contributed by atoms with Crippen molar-refractivity contribution in [3.63, 3.8) is 0 Å². The Morgan fingerprint density at radius 1 is 0.485 bits per heavy atom. The summed E-state index contributed by atoms with van der Waals surface area (Å²) in [5, 5.41) is 0. The van der Waals surface area contributed by atoms with Crippen molar-refractivity contribution >= 4 is 17.1 Å². The maximum Gasteiger partial charge on any atom is 0.0467 e. The van der Waals surface area contributed by atoms with Gasteiger partial charge in [0.1, 0.15) is 0 Å². The van der Waals surface area contributed by atoms with Crippen LogP contribution >= 0.6 is 0 Å². The van der Waals surface area contributed by atoms with Crippen LogP contribution in [0.3, 0.4) is 0 Å². The summed E-state index contributed by atoms with van der Waals surface area (Å²) in [5.41, 5.74) is 11.6. The third-order valence-electron chi connectivity index (χ3n) is 5.89. The molecule has 1 nitrogen and oxygen atoms in total. The van der Waals surface area contributed by atoms with Crippen molar-refractivity contribution in [3.05, 3.63) is 113 Å². The molecule has 0 fully saturated rings. The SMILES string of the molecule is CC.CC.Cc1ccc(N(c2ccc(C)cc2)c2cccc(-c3ccc4c(c3)CC4)c2)cc1. The van der Waals surface area contributed by atoms with E-state index < -0.39 is 0 Å². The average Bonchev–Trinajstić information content (AvgIpc) is 2.85. The monoisotopic (exact) mass is 435 g/mol. The lowest BCUT2D eigenvalue weighted by atomic mass is 9.86. The Kier molecular flexibility index (Phi) is 8.49.